The number of fused-ring (bicyclic) bond motifs is 12. The van der Waals surface area contributed by atoms with Gasteiger partial charge in [-0.25, -0.2) is 0 Å². The molecular weight excluding hydrogens is 1470 g/mol. The standard InChI is InChI=1S/C58H45NO.C58H45NS/c2*1-2-10-39(11-3-1)41-24-28-46(29-25-41)59(53-17-9-19-55-56(53)51-13-5-7-18-54(51)60-55)47-30-26-42(27-31-47)40-20-22-43(23-21-40)48-14-8-15-50-49-12-4-6-16-52(49)58(57(48)50)44-33-37-32-38(35-44)36-45(58)34-37/h2*1-31,37-38,44-45H,32-36H2. The minimum absolute atomic E-state index is 0.144. The molecule has 3 nitrogen and oxygen atoms in total. The van der Waals surface area contributed by atoms with Gasteiger partial charge in [0.05, 0.1) is 16.8 Å². The van der Waals surface area contributed by atoms with Gasteiger partial charge in [-0.15, -0.1) is 11.3 Å². The smallest absolute Gasteiger partial charge is 0.137 e. The number of rotatable bonds is 12. The van der Waals surface area contributed by atoms with Crippen LogP contribution in [0.2, 0.25) is 0 Å². The molecule has 10 aliphatic carbocycles. The lowest BCUT2D eigenvalue weighted by Gasteiger charge is -2.61. The van der Waals surface area contributed by atoms with Gasteiger partial charge >= 0.3 is 0 Å². The first-order valence-corrected chi connectivity index (χ1v) is 44.8. The lowest BCUT2D eigenvalue weighted by molar-refractivity contribution is -0.0397. The van der Waals surface area contributed by atoms with Crippen molar-refractivity contribution in [2.24, 2.45) is 47.3 Å². The molecule has 0 saturated heterocycles. The predicted molar refractivity (Wildman–Crippen MR) is 502 cm³/mol. The molecule has 120 heavy (non-hydrogen) atoms. The van der Waals surface area contributed by atoms with Crippen molar-refractivity contribution < 1.29 is 4.42 Å². The van der Waals surface area contributed by atoms with Gasteiger partial charge in [-0.05, 0) is 308 Å². The fourth-order valence-electron chi connectivity index (χ4n) is 25.8. The largest absolute Gasteiger partial charge is 0.456 e. The highest BCUT2D eigenvalue weighted by molar-refractivity contribution is 7.26. The van der Waals surface area contributed by atoms with E-state index in [1.165, 1.54) is 179 Å². The minimum atomic E-state index is 0.144. The van der Waals surface area contributed by atoms with E-state index >= 15 is 0 Å². The van der Waals surface area contributed by atoms with Crippen LogP contribution < -0.4 is 9.80 Å². The summed E-state index contributed by atoms with van der Waals surface area (Å²) in [5.41, 5.74) is 36.6. The van der Waals surface area contributed by atoms with Crippen LogP contribution in [0.4, 0.5) is 34.1 Å². The van der Waals surface area contributed by atoms with Crippen molar-refractivity contribution in [3.8, 4) is 89.0 Å². The van der Waals surface area contributed by atoms with Gasteiger partial charge in [-0.1, -0.05) is 291 Å². The Morgan fingerprint density at radius 1 is 0.225 bits per heavy atom. The molecule has 2 aromatic heterocycles. The van der Waals surface area contributed by atoms with Crippen LogP contribution in [0, 0.1) is 47.3 Å². The van der Waals surface area contributed by atoms with Crippen LogP contribution in [0.3, 0.4) is 0 Å². The van der Waals surface area contributed by atoms with E-state index in [2.05, 4.69) is 380 Å². The molecule has 18 aromatic rings. The van der Waals surface area contributed by atoms with Crippen molar-refractivity contribution in [3.05, 3.63) is 398 Å². The molecule has 0 unspecified atom stereocenters. The zero-order chi connectivity index (χ0) is 78.7. The Balaban J connectivity index is 0.000000133. The molecule has 0 atom stereocenters. The Hall–Kier alpha value is -12.9. The molecule has 0 radical (unpaired) electrons. The van der Waals surface area contributed by atoms with E-state index in [1.54, 1.807) is 22.3 Å². The van der Waals surface area contributed by atoms with Gasteiger partial charge in [0.25, 0.3) is 0 Å². The summed E-state index contributed by atoms with van der Waals surface area (Å²) in [4.78, 5) is 4.82. The van der Waals surface area contributed by atoms with Gasteiger partial charge in [0.15, 0.2) is 0 Å². The van der Waals surface area contributed by atoms with Gasteiger partial charge in [-0.3, -0.25) is 0 Å². The van der Waals surface area contributed by atoms with E-state index in [4.69, 9.17) is 4.42 Å². The maximum absolute atomic E-state index is 6.38. The summed E-state index contributed by atoms with van der Waals surface area (Å²) in [5.74, 6) is 6.72. The number of hydrogen-bond donors (Lipinski definition) is 0. The van der Waals surface area contributed by atoms with Crippen molar-refractivity contribution in [3.63, 3.8) is 0 Å². The Morgan fingerprint density at radius 2 is 0.533 bits per heavy atom. The van der Waals surface area contributed by atoms with E-state index in [1.807, 2.05) is 17.4 Å². The number of benzene rings is 16. The third-order valence-electron chi connectivity index (χ3n) is 30.2. The number of hydrogen-bond acceptors (Lipinski definition) is 4. The number of nitrogens with zero attached hydrogens (tertiary/aromatic N) is 2. The van der Waals surface area contributed by atoms with E-state index < -0.39 is 0 Å². The van der Waals surface area contributed by atoms with E-state index in [0.717, 1.165) is 97.7 Å². The molecule has 28 rings (SSSR count). The summed E-state index contributed by atoms with van der Waals surface area (Å²) >= 11 is 1.87. The lowest BCUT2D eigenvalue weighted by atomic mass is 9.42. The summed E-state index contributed by atoms with van der Waals surface area (Å²) in [5, 5.41) is 4.84. The molecule has 0 amide bonds. The molecule has 8 saturated carbocycles. The van der Waals surface area contributed by atoms with Crippen molar-refractivity contribution in [1.82, 2.24) is 0 Å². The highest BCUT2D eigenvalue weighted by Crippen LogP contribution is 2.73. The molecular formula is C116H90N2OS. The topological polar surface area (TPSA) is 19.6 Å². The third-order valence-corrected chi connectivity index (χ3v) is 31.3. The molecule has 4 heteroatoms. The number of anilines is 6. The molecule has 10 aliphatic rings. The van der Waals surface area contributed by atoms with Gasteiger partial charge in [-0.2, -0.15) is 0 Å². The first-order valence-electron chi connectivity index (χ1n) is 44.0. The van der Waals surface area contributed by atoms with Crippen molar-refractivity contribution in [2.45, 2.75) is 75.0 Å². The highest BCUT2D eigenvalue weighted by atomic mass is 32.1. The first-order chi connectivity index (χ1) is 59.4. The monoisotopic (exact) mass is 1560 g/mol. The lowest BCUT2D eigenvalue weighted by Crippen LogP contribution is -2.55. The molecule has 16 aromatic carbocycles. The van der Waals surface area contributed by atoms with Gasteiger partial charge < -0.3 is 14.2 Å². The van der Waals surface area contributed by atoms with Crippen LogP contribution in [0.1, 0.15) is 86.5 Å². The van der Waals surface area contributed by atoms with E-state index in [0.29, 0.717) is 0 Å². The number of thiophene rings is 1. The summed E-state index contributed by atoms with van der Waals surface area (Å²) in [6.45, 7) is 0. The van der Waals surface area contributed by atoms with E-state index in [-0.39, 0.29) is 10.8 Å². The summed E-state index contributed by atoms with van der Waals surface area (Å²) < 4.78 is 9.00. The average Bonchev–Trinajstić information content (AvgIpc) is 1.50. The second-order valence-electron chi connectivity index (χ2n) is 36.1. The van der Waals surface area contributed by atoms with Crippen LogP contribution in [-0.2, 0) is 10.8 Å². The molecule has 2 heterocycles. The maximum Gasteiger partial charge on any atom is 0.137 e. The van der Waals surface area contributed by atoms with Gasteiger partial charge in [0.2, 0.25) is 0 Å². The number of para-hydroxylation sites is 1. The molecule has 2 spiro atoms. The Bertz CT molecular complexity index is 6540. The number of furan rings is 1. The van der Waals surface area contributed by atoms with Crippen LogP contribution in [-0.4, -0.2) is 0 Å². The van der Waals surface area contributed by atoms with Gasteiger partial charge in [0, 0.05) is 59.1 Å². The fraction of sp³-hybridized carbons (Fsp3) is 0.172. The predicted octanol–water partition coefficient (Wildman–Crippen LogP) is 32.0. The Kier molecular flexibility index (Phi) is 16.3. The third kappa shape index (κ3) is 10.9. The maximum atomic E-state index is 6.38. The molecule has 8 bridgehead atoms. The zero-order valence-corrected chi connectivity index (χ0v) is 68.0. The second-order valence-corrected chi connectivity index (χ2v) is 37.2. The van der Waals surface area contributed by atoms with Crippen LogP contribution >= 0.6 is 11.3 Å². The first kappa shape index (κ1) is 70.2. The fourth-order valence-corrected chi connectivity index (χ4v) is 26.9. The van der Waals surface area contributed by atoms with Crippen molar-refractivity contribution in [2.75, 3.05) is 9.80 Å². The van der Waals surface area contributed by atoms with Crippen LogP contribution in [0.5, 0.6) is 0 Å². The SMILES string of the molecule is c1ccc(-c2ccc(N(c3ccc(-c4ccc(-c5cccc6c5C5(c7ccccc7-6)C6CC7CC(C6)CC5C7)cc4)cc3)c3cccc4oc5ccccc5c34)cc2)cc1.c1ccc(-c2ccc(N(c3ccc(-c4ccc(-c5cccc6c5C5(c7ccccc7-6)C6CC7CC(C6)CC5C7)cc4)cc3)c3cccc4sc5ccccc5c34)cc2)cc1. The van der Waals surface area contributed by atoms with E-state index in [9.17, 15) is 0 Å². The molecule has 8 fully saturated rings. The zero-order valence-electron chi connectivity index (χ0n) is 67.2. The minimum Gasteiger partial charge on any atom is -0.456 e. The summed E-state index contributed by atoms with van der Waals surface area (Å²) in [6.07, 6.45) is 14.1. The Labute approximate surface area is 706 Å². The van der Waals surface area contributed by atoms with Gasteiger partial charge in [0.1, 0.15) is 11.2 Å². The molecule has 576 valence electrons. The average molecular weight is 1560 g/mol. The second kappa shape index (κ2) is 27.9. The normalized spacial score (nSPS) is 22.1. The molecule has 0 N–H and O–H groups in total. The quantitative estimate of drug-likeness (QED) is 0.122. The Morgan fingerprint density at radius 3 is 0.975 bits per heavy atom. The van der Waals surface area contributed by atoms with Crippen molar-refractivity contribution in [1.29, 1.82) is 0 Å². The summed E-state index contributed by atoms with van der Waals surface area (Å²) in [6, 6.07) is 140. The van der Waals surface area contributed by atoms with Crippen LogP contribution in [0.15, 0.2) is 381 Å². The van der Waals surface area contributed by atoms with Crippen molar-refractivity contribution >= 4 is 87.6 Å². The van der Waals surface area contributed by atoms with Crippen LogP contribution in [0.25, 0.3) is 131 Å². The summed E-state index contributed by atoms with van der Waals surface area (Å²) in [7, 11) is 0. The molecule has 0 aliphatic heterocycles. The highest BCUT2D eigenvalue weighted by Gasteiger charge is 2.64.